The number of carboxylic acid groups (broad SMARTS) is 2. The Labute approximate surface area is 264 Å². The Balaban J connectivity index is 0.000000161. The van der Waals surface area contributed by atoms with Crippen LogP contribution in [0.15, 0.2) is 97.6 Å². The Morgan fingerprint density at radius 3 is 1.81 bits per heavy atom. The largest absolute Gasteiger partial charge is 0.545 e. The van der Waals surface area contributed by atoms with Gasteiger partial charge in [-0.15, -0.1) is 0 Å². The minimum Gasteiger partial charge on any atom is -0.545 e. The number of carboxylic acids is 2. The molecule has 14 nitrogen and oxygen atoms in total. The molecule has 0 radical (unpaired) electrons. The van der Waals surface area contributed by atoms with Crippen LogP contribution in [0.25, 0.3) is 68.1 Å². The van der Waals surface area contributed by atoms with Gasteiger partial charge in [-0.1, -0.05) is 49.1 Å². The maximum Gasteiger partial charge on any atom is 0.159 e. The van der Waals surface area contributed by atoms with Gasteiger partial charge in [-0.25, -0.2) is 19.9 Å². The van der Waals surface area contributed by atoms with Gasteiger partial charge < -0.3 is 49.3 Å². The molecule has 1 N–H and O–H groups in total. The predicted octanol–water partition coefficient (Wildman–Crippen LogP) is 2.03. The van der Waals surface area contributed by atoms with E-state index in [4.69, 9.17) is 0 Å². The fourth-order valence-corrected chi connectivity index (χ4v) is 4.96. The number of fused-ring (bicyclic) bond motifs is 2. The Bertz CT molecular complexity index is 2310. The fourth-order valence-electron chi connectivity index (χ4n) is 4.96. The molecule has 0 aliphatic carbocycles. The van der Waals surface area contributed by atoms with Gasteiger partial charge in [0.15, 0.2) is 11.6 Å². The van der Waals surface area contributed by atoms with Gasteiger partial charge in [0.25, 0.3) is 0 Å². The van der Waals surface area contributed by atoms with E-state index in [1.165, 1.54) is 49.1 Å². The van der Waals surface area contributed by atoms with Crippen molar-refractivity contribution in [3.63, 3.8) is 0 Å². The zero-order valence-corrected chi connectivity index (χ0v) is 24.4. The second-order valence-corrected chi connectivity index (χ2v) is 10.2. The van der Waals surface area contributed by atoms with Crippen LogP contribution < -0.4 is 20.2 Å². The lowest BCUT2D eigenvalue weighted by molar-refractivity contribution is -0.256. The maximum absolute atomic E-state index is 11.6. The standard InChI is InChI=1S/C21H15N5O2.C12H8N5O2/c1-26-18-9-5-4-8-15(18)25-20(26)17-11-12(21(27)28)10-16(22-17)19-23-13-6-2-3-7-14(13)24-19;18-12(19)7-5-8(10-13-1-2-14-10)17-9(6-7)11-15-3-4-16-11/h2-11H,1H3,(H,23,24)(H,27,28);1-6H,(H2-,13,14,15,16,17,18,19)/q;-1/p-3. The van der Waals surface area contributed by atoms with Gasteiger partial charge in [0.05, 0.1) is 45.4 Å². The van der Waals surface area contributed by atoms with E-state index in [0.717, 1.165) is 22.1 Å². The lowest BCUT2D eigenvalue weighted by atomic mass is 10.1. The summed E-state index contributed by atoms with van der Waals surface area (Å²) in [6, 6.07) is 20.9. The summed E-state index contributed by atoms with van der Waals surface area (Å²) in [6.45, 7) is 0. The zero-order chi connectivity index (χ0) is 32.5. The Morgan fingerprint density at radius 1 is 0.681 bits per heavy atom. The number of hydrogen-bond donors (Lipinski definition) is 1. The molecule has 6 aromatic heterocycles. The molecule has 0 fully saturated rings. The lowest BCUT2D eigenvalue weighted by Gasteiger charge is -2.12. The first-order valence-electron chi connectivity index (χ1n) is 14.1. The van der Waals surface area contributed by atoms with E-state index in [9.17, 15) is 19.8 Å². The van der Waals surface area contributed by atoms with Gasteiger partial charge in [0.1, 0.15) is 11.4 Å². The van der Waals surface area contributed by atoms with Gasteiger partial charge in [0, 0.05) is 18.2 Å². The van der Waals surface area contributed by atoms with Gasteiger partial charge >= 0.3 is 0 Å². The number of nitrogens with one attached hydrogen (secondary N) is 1. The Hall–Kier alpha value is -6.96. The monoisotopic (exact) mass is 620 g/mol. The summed E-state index contributed by atoms with van der Waals surface area (Å²) in [6.07, 6.45) is 6.01. The van der Waals surface area contributed by atoms with Crippen molar-refractivity contribution in [3.8, 4) is 46.1 Å². The summed E-state index contributed by atoms with van der Waals surface area (Å²) in [5.74, 6) is -0.833. The van der Waals surface area contributed by atoms with E-state index in [1.807, 2.05) is 60.1 Å². The number of benzene rings is 2. The van der Waals surface area contributed by atoms with Gasteiger partial charge in [0.2, 0.25) is 0 Å². The van der Waals surface area contributed by atoms with Crippen molar-refractivity contribution in [1.29, 1.82) is 0 Å². The van der Waals surface area contributed by atoms with Crippen LogP contribution in [0.1, 0.15) is 20.7 Å². The molecule has 47 heavy (non-hydrogen) atoms. The molecule has 2 aromatic carbocycles. The number of pyridine rings is 2. The van der Waals surface area contributed by atoms with Crippen LogP contribution in [0.5, 0.6) is 0 Å². The van der Waals surface area contributed by atoms with E-state index >= 15 is 0 Å². The van der Waals surface area contributed by atoms with Crippen molar-refractivity contribution in [1.82, 2.24) is 49.4 Å². The summed E-state index contributed by atoms with van der Waals surface area (Å²) in [5.41, 5.74) is 4.91. The summed E-state index contributed by atoms with van der Waals surface area (Å²) in [4.78, 5) is 59.8. The normalized spacial score (nSPS) is 11.0. The summed E-state index contributed by atoms with van der Waals surface area (Å²) in [5, 5.41) is 22.6. The molecule has 0 atom stereocenters. The number of imidazole rings is 4. The van der Waals surface area contributed by atoms with Crippen LogP contribution >= 0.6 is 0 Å². The molecule has 0 aliphatic rings. The number of aromatic amines is 1. The van der Waals surface area contributed by atoms with E-state index in [2.05, 4.69) is 44.9 Å². The van der Waals surface area contributed by atoms with Crippen LogP contribution in [0.3, 0.4) is 0 Å². The van der Waals surface area contributed by atoms with Crippen LogP contribution in [0.2, 0.25) is 0 Å². The van der Waals surface area contributed by atoms with Gasteiger partial charge in [-0.05, 0) is 60.2 Å². The first-order chi connectivity index (χ1) is 22.8. The molecule has 14 heteroatoms. The topological polar surface area (TPSA) is 207 Å². The van der Waals surface area contributed by atoms with Gasteiger partial charge in [-0.3, -0.25) is 0 Å². The van der Waals surface area contributed by atoms with Crippen LogP contribution in [-0.4, -0.2) is 51.4 Å². The number of hydrogen-bond acceptors (Lipinski definition) is 10. The number of aromatic carboxylic acids is 2. The fraction of sp³-hybridized carbons (Fsp3) is 0.0303. The molecule has 0 spiro atoms. The van der Waals surface area contributed by atoms with Crippen molar-refractivity contribution in [2.75, 3.05) is 0 Å². The van der Waals surface area contributed by atoms with Crippen LogP contribution in [0, 0.1) is 0 Å². The lowest BCUT2D eigenvalue weighted by Crippen LogP contribution is -2.22. The van der Waals surface area contributed by atoms with E-state index in [1.54, 1.807) is 0 Å². The quantitative estimate of drug-likeness (QED) is 0.283. The smallest absolute Gasteiger partial charge is 0.159 e. The second kappa shape index (κ2) is 11.9. The van der Waals surface area contributed by atoms with E-state index < -0.39 is 11.9 Å². The minimum absolute atomic E-state index is 0.0189. The third-order valence-electron chi connectivity index (χ3n) is 7.15. The number of aromatic nitrogens is 10. The summed E-state index contributed by atoms with van der Waals surface area (Å²) >= 11 is 0. The average molecular weight is 621 g/mol. The SMILES string of the molecule is Cn1c(-c2cc(C(=O)[O-])cc(-c3nc4ccccc4[nH]3)n2)nc2ccccc21.O=C([O-])c1cc(-c2ncc[n-]2)nc(-c2ncc[n-]2)c1. The predicted molar refractivity (Wildman–Crippen MR) is 165 cm³/mol. The average Bonchev–Trinajstić information content (AvgIpc) is 3.92. The molecule has 0 saturated heterocycles. The van der Waals surface area contributed by atoms with Crippen LogP contribution in [-0.2, 0) is 7.05 Å². The number of H-pyrrole nitrogens is 1. The van der Waals surface area contributed by atoms with Crippen molar-refractivity contribution < 1.29 is 19.8 Å². The highest BCUT2D eigenvalue weighted by atomic mass is 16.4. The Kier molecular flexibility index (Phi) is 7.26. The molecule has 230 valence electrons. The molecule has 8 aromatic rings. The summed E-state index contributed by atoms with van der Waals surface area (Å²) in [7, 11) is 1.87. The van der Waals surface area contributed by atoms with Crippen molar-refractivity contribution >= 4 is 34.0 Å². The molecule has 0 amide bonds. The number of nitrogens with zero attached hydrogens (tertiary/aromatic N) is 9. The number of para-hydroxylation sites is 4. The van der Waals surface area contributed by atoms with E-state index in [-0.39, 0.29) is 11.1 Å². The maximum atomic E-state index is 11.6. The summed E-state index contributed by atoms with van der Waals surface area (Å²) < 4.78 is 1.89. The van der Waals surface area contributed by atoms with Gasteiger partial charge in [-0.2, -0.15) is 0 Å². The molecular formula is C33H20N10O4-4. The molecule has 6 heterocycles. The highest BCUT2D eigenvalue weighted by molar-refractivity contribution is 5.90. The molecular weight excluding hydrogens is 600 g/mol. The van der Waals surface area contributed by atoms with E-state index in [0.29, 0.717) is 46.1 Å². The molecule has 0 unspecified atom stereocenters. The van der Waals surface area contributed by atoms with Crippen LogP contribution in [0.4, 0.5) is 0 Å². The molecule has 0 saturated carbocycles. The number of carbonyl (C=O) groups excluding carboxylic acids is 2. The second-order valence-electron chi connectivity index (χ2n) is 10.2. The van der Waals surface area contributed by atoms with Crippen molar-refractivity contribution in [2.24, 2.45) is 7.05 Å². The first kappa shape index (κ1) is 28.8. The first-order valence-corrected chi connectivity index (χ1v) is 14.1. The molecule has 8 rings (SSSR count). The number of rotatable bonds is 6. The molecule has 0 aliphatic heterocycles. The van der Waals surface area contributed by atoms with Crippen molar-refractivity contribution in [2.45, 2.75) is 0 Å². The molecule has 0 bridgehead atoms. The highest BCUT2D eigenvalue weighted by Gasteiger charge is 2.16. The third-order valence-corrected chi connectivity index (χ3v) is 7.15. The highest BCUT2D eigenvalue weighted by Crippen LogP contribution is 2.27. The third kappa shape index (κ3) is 5.69. The zero-order valence-electron chi connectivity index (χ0n) is 24.4. The van der Waals surface area contributed by atoms with Crippen molar-refractivity contribution in [3.05, 3.63) is 109 Å². The minimum atomic E-state index is -1.30. The number of carbonyl (C=O) groups is 2. The number of aryl methyl sites for hydroxylation is 1. The Morgan fingerprint density at radius 2 is 1.23 bits per heavy atom.